The Morgan fingerprint density at radius 1 is 1.39 bits per heavy atom. The quantitative estimate of drug-likeness (QED) is 0.882. The first-order chi connectivity index (χ1) is 8.58. The molecular formula is C15H21ClN2. The molecule has 1 aliphatic carbocycles. The summed E-state index contributed by atoms with van der Waals surface area (Å²) >= 11 is 6.24. The van der Waals surface area contributed by atoms with Crippen LogP contribution >= 0.6 is 11.6 Å². The molecule has 0 bridgehead atoms. The summed E-state index contributed by atoms with van der Waals surface area (Å²) in [4.78, 5) is 2.47. The molecule has 1 atom stereocenters. The Kier molecular flexibility index (Phi) is 3.03. The van der Waals surface area contributed by atoms with E-state index in [1.165, 1.54) is 18.5 Å². The average Bonchev–Trinajstić information content (AvgIpc) is 3.17. The second-order valence-corrected chi connectivity index (χ2v) is 6.38. The summed E-state index contributed by atoms with van der Waals surface area (Å²) in [7, 11) is 0. The monoisotopic (exact) mass is 264 g/mol. The predicted octanol–water partition coefficient (Wildman–Crippen LogP) is 3.23. The van der Waals surface area contributed by atoms with Crippen LogP contribution in [0.1, 0.15) is 25.3 Å². The van der Waals surface area contributed by atoms with Gasteiger partial charge in [0.2, 0.25) is 0 Å². The first kappa shape index (κ1) is 12.3. The smallest absolute Gasteiger partial charge is 0.0455 e. The van der Waals surface area contributed by atoms with Crippen molar-refractivity contribution in [2.45, 2.75) is 32.2 Å². The summed E-state index contributed by atoms with van der Waals surface area (Å²) in [6.45, 7) is 7.65. The van der Waals surface area contributed by atoms with E-state index in [0.717, 1.165) is 36.1 Å². The van der Waals surface area contributed by atoms with Gasteiger partial charge in [-0.2, -0.15) is 0 Å². The molecule has 1 aromatic rings. The maximum atomic E-state index is 6.24. The second-order valence-electron chi connectivity index (χ2n) is 5.97. The largest absolute Gasteiger partial charge is 0.368 e. The molecule has 2 fully saturated rings. The van der Waals surface area contributed by atoms with E-state index in [1.807, 2.05) is 0 Å². The lowest BCUT2D eigenvalue weighted by Gasteiger charge is -2.43. The second kappa shape index (κ2) is 4.43. The summed E-state index contributed by atoms with van der Waals surface area (Å²) < 4.78 is 0. The van der Waals surface area contributed by atoms with Crippen molar-refractivity contribution in [1.82, 2.24) is 5.32 Å². The summed E-state index contributed by atoms with van der Waals surface area (Å²) in [5, 5.41) is 4.58. The van der Waals surface area contributed by atoms with Gasteiger partial charge in [-0.25, -0.2) is 0 Å². The van der Waals surface area contributed by atoms with Gasteiger partial charge in [0.1, 0.15) is 0 Å². The molecule has 18 heavy (non-hydrogen) atoms. The van der Waals surface area contributed by atoms with Gasteiger partial charge in [0.15, 0.2) is 0 Å². The fraction of sp³-hybridized carbons (Fsp3) is 0.600. The molecular weight excluding hydrogens is 244 g/mol. The number of aryl methyl sites for hydroxylation is 1. The first-order valence-electron chi connectivity index (χ1n) is 6.85. The van der Waals surface area contributed by atoms with E-state index >= 15 is 0 Å². The van der Waals surface area contributed by atoms with Gasteiger partial charge in [-0.15, -0.1) is 0 Å². The third kappa shape index (κ3) is 2.24. The SMILES string of the molecule is Cc1ccc(N2CCNC(C)(C3CC3)C2)cc1Cl. The van der Waals surface area contributed by atoms with Crippen LogP contribution in [-0.4, -0.2) is 25.2 Å². The van der Waals surface area contributed by atoms with Gasteiger partial charge in [-0.05, 0) is 50.3 Å². The first-order valence-corrected chi connectivity index (χ1v) is 7.22. The van der Waals surface area contributed by atoms with Gasteiger partial charge >= 0.3 is 0 Å². The molecule has 1 saturated carbocycles. The highest BCUT2D eigenvalue weighted by molar-refractivity contribution is 6.31. The fourth-order valence-corrected chi connectivity index (χ4v) is 3.18. The molecule has 2 nitrogen and oxygen atoms in total. The van der Waals surface area contributed by atoms with Gasteiger partial charge < -0.3 is 10.2 Å². The normalized spacial score (nSPS) is 28.5. The molecule has 1 unspecified atom stereocenters. The summed E-state index contributed by atoms with van der Waals surface area (Å²) in [5.74, 6) is 0.862. The van der Waals surface area contributed by atoms with Crippen LogP contribution in [0.15, 0.2) is 18.2 Å². The number of piperazine rings is 1. The number of nitrogens with one attached hydrogen (secondary N) is 1. The van der Waals surface area contributed by atoms with Crippen molar-refractivity contribution in [3.63, 3.8) is 0 Å². The van der Waals surface area contributed by atoms with E-state index in [2.05, 4.69) is 42.3 Å². The lowest BCUT2D eigenvalue weighted by Crippen LogP contribution is -2.60. The van der Waals surface area contributed by atoms with Crippen LogP contribution < -0.4 is 10.2 Å². The van der Waals surface area contributed by atoms with Gasteiger partial charge in [0.25, 0.3) is 0 Å². The number of hydrogen-bond donors (Lipinski definition) is 1. The highest BCUT2D eigenvalue weighted by Crippen LogP contribution is 2.41. The molecule has 0 spiro atoms. The van der Waals surface area contributed by atoms with Crippen molar-refractivity contribution < 1.29 is 0 Å². The average molecular weight is 265 g/mol. The minimum absolute atomic E-state index is 0.287. The number of nitrogens with zero attached hydrogens (tertiary/aromatic N) is 1. The molecule has 3 rings (SSSR count). The zero-order valence-corrected chi connectivity index (χ0v) is 11.9. The third-order valence-electron chi connectivity index (χ3n) is 4.43. The van der Waals surface area contributed by atoms with E-state index in [1.54, 1.807) is 0 Å². The lowest BCUT2D eigenvalue weighted by molar-refractivity contribution is 0.285. The van der Waals surface area contributed by atoms with Crippen molar-refractivity contribution in [3.05, 3.63) is 28.8 Å². The molecule has 1 aromatic carbocycles. The van der Waals surface area contributed by atoms with Crippen LogP contribution in [0.25, 0.3) is 0 Å². The highest BCUT2D eigenvalue weighted by atomic mass is 35.5. The minimum atomic E-state index is 0.287. The highest BCUT2D eigenvalue weighted by Gasteiger charge is 2.43. The summed E-state index contributed by atoms with van der Waals surface area (Å²) in [5.41, 5.74) is 2.70. The van der Waals surface area contributed by atoms with Crippen molar-refractivity contribution in [1.29, 1.82) is 0 Å². The summed E-state index contributed by atoms with van der Waals surface area (Å²) in [6.07, 6.45) is 2.76. The summed E-state index contributed by atoms with van der Waals surface area (Å²) in [6, 6.07) is 6.42. The Labute approximate surface area is 114 Å². The molecule has 1 aliphatic heterocycles. The molecule has 98 valence electrons. The number of rotatable bonds is 2. The Morgan fingerprint density at radius 3 is 2.83 bits per heavy atom. The van der Waals surface area contributed by atoms with Crippen molar-refractivity contribution >= 4 is 17.3 Å². The van der Waals surface area contributed by atoms with Crippen LogP contribution in [0, 0.1) is 12.8 Å². The predicted molar refractivity (Wildman–Crippen MR) is 77.5 cm³/mol. The van der Waals surface area contributed by atoms with Crippen LogP contribution in [0.3, 0.4) is 0 Å². The van der Waals surface area contributed by atoms with Gasteiger partial charge in [-0.1, -0.05) is 17.7 Å². The molecule has 3 heteroatoms. The fourth-order valence-electron chi connectivity index (χ4n) is 3.00. The Hall–Kier alpha value is -0.730. The van der Waals surface area contributed by atoms with E-state index < -0.39 is 0 Å². The van der Waals surface area contributed by atoms with Crippen molar-refractivity contribution in [3.8, 4) is 0 Å². The van der Waals surface area contributed by atoms with Gasteiger partial charge in [0.05, 0.1) is 0 Å². The molecule has 1 saturated heterocycles. The van der Waals surface area contributed by atoms with E-state index in [0.29, 0.717) is 0 Å². The Morgan fingerprint density at radius 2 is 2.17 bits per heavy atom. The van der Waals surface area contributed by atoms with Crippen LogP contribution in [0.5, 0.6) is 0 Å². The third-order valence-corrected chi connectivity index (χ3v) is 4.84. The molecule has 0 amide bonds. The van der Waals surface area contributed by atoms with Crippen molar-refractivity contribution in [2.24, 2.45) is 5.92 Å². The molecule has 0 radical (unpaired) electrons. The zero-order chi connectivity index (χ0) is 12.8. The van der Waals surface area contributed by atoms with Crippen molar-refractivity contribution in [2.75, 3.05) is 24.5 Å². The maximum absolute atomic E-state index is 6.24. The van der Waals surface area contributed by atoms with Crippen LogP contribution in [0.2, 0.25) is 5.02 Å². The Bertz CT molecular complexity index is 456. The number of anilines is 1. The topological polar surface area (TPSA) is 15.3 Å². The zero-order valence-electron chi connectivity index (χ0n) is 11.2. The minimum Gasteiger partial charge on any atom is -0.368 e. The number of benzene rings is 1. The molecule has 0 aromatic heterocycles. The Balaban J connectivity index is 1.81. The van der Waals surface area contributed by atoms with Crippen LogP contribution in [0.4, 0.5) is 5.69 Å². The maximum Gasteiger partial charge on any atom is 0.0455 e. The molecule has 1 N–H and O–H groups in total. The number of hydrogen-bond acceptors (Lipinski definition) is 2. The van der Waals surface area contributed by atoms with E-state index in [9.17, 15) is 0 Å². The van der Waals surface area contributed by atoms with Crippen LogP contribution in [-0.2, 0) is 0 Å². The number of halogens is 1. The van der Waals surface area contributed by atoms with Gasteiger partial charge in [-0.3, -0.25) is 0 Å². The van der Waals surface area contributed by atoms with Gasteiger partial charge in [0, 0.05) is 35.9 Å². The lowest BCUT2D eigenvalue weighted by atomic mass is 9.92. The van der Waals surface area contributed by atoms with E-state index in [4.69, 9.17) is 11.6 Å². The molecule has 1 heterocycles. The van der Waals surface area contributed by atoms with E-state index in [-0.39, 0.29) is 5.54 Å². The standard InChI is InChI=1S/C15H21ClN2/c1-11-3-6-13(9-14(11)16)18-8-7-17-15(2,10-18)12-4-5-12/h3,6,9,12,17H,4-5,7-8,10H2,1-2H3. The molecule has 2 aliphatic rings.